The molecule has 292 valence electrons. The SMILES string of the molecule is [2H]c1c([2H])c([2H])c(C2(c3ccc4oc5ccccc5c4c3)c3ccc(N(c4ccccc4)c4ccccc4)cc3-c3cc(N(c4ccccc4)c4cccc5ccccc45)ccc32)c([2H])c1[2H]. The Morgan fingerprint density at radius 1 is 0.371 bits per heavy atom. The largest absolute Gasteiger partial charge is 0.456 e. The molecule has 62 heavy (non-hydrogen) atoms. The molecule has 1 aliphatic rings. The molecule has 0 bridgehead atoms. The van der Waals surface area contributed by atoms with Gasteiger partial charge in [-0.3, -0.25) is 0 Å². The van der Waals surface area contributed by atoms with Crippen molar-refractivity contribution < 1.29 is 11.3 Å². The predicted molar refractivity (Wildman–Crippen MR) is 258 cm³/mol. The number of furan rings is 1. The lowest BCUT2D eigenvalue weighted by molar-refractivity contribution is 0.668. The van der Waals surface area contributed by atoms with Crippen molar-refractivity contribution in [3.63, 3.8) is 0 Å². The molecule has 12 rings (SSSR count). The van der Waals surface area contributed by atoms with Crippen molar-refractivity contribution >= 4 is 66.8 Å². The molecule has 0 radical (unpaired) electrons. The molecule has 1 aromatic heterocycles. The van der Waals surface area contributed by atoms with E-state index in [1.54, 1.807) is 0 Å². The highest BCUT2D eigenvalue weighted by Crippen LogP contribution is 2.59. The Morgan fingerprint density at radius 3 is 1.56 bits per heavy atom. The highest BCUT2D eigenvalue weighted by molar-refractivity contribution is 6.06. The fraction of sp³-hybridized carbons (Fsp3) is 0.0169. The van der Waals surface area contributed by atoms with Gasteiger partial charge >= 0.3 is 0 Å². The maximum atomic E-state index is 9.76. The number of hydrogen-bond acceptors (Lipinski definition) is 3. The van der Waals surface area contributed by atoms with Gasteiger partial charge < -0.3 is 14.2 Å². The van der Waals surface area contributed by atoms with E-state index in [1.165, 1.54) is 0 Å². The topological polar surface area (TPSA) is 19.6 Å². The van der Waals surface area contributed by atoms with Crippen LogP contribution in [0.3, 0.4) is 0 Å². The number of rotatable bonds is 8. The van der Waals surface area contributed by atoms with Gasteiger partial charge in [0.1, 0.15) is 11.2 Å². The second-order valence-electron chi connectivity index (χ2n) is 15.7. The summed E-state index contributed by atoms with van der Waals surface area (Å²) in [5, 5.41) is 4.00. The van der Waals surface area contributed by atoms with E-state index in [-0.39, 0.29) is 29.7 Å². The van der Waals surface area contributed by atoms with E-state index < -0.39 is 11.5 Å². The van der Waals surface area contributed by atoms with E-state index >= 15 is 0 Å². The van der Waals surface area contributed by atoms with Crippen molar-refractivity contribution in [2.75, 3.05) is 9.80 Å². The van der Waals surface area contributed by atoms with Crippen molar-refractivity contribution in [3.05, 3.63) is 265 Å². The lowest BCUT2D eigenvalue weighted by Crippen LogP contribution is -2.28. The molecule has 1 unspecified atom stereocenters. The van der Waals surface area contributed by atoms with E-state index in [2.05, 4.69) is 131 Å². The summed E-state index contributed by atoms with van der Waals surface area (Å²) in [7, 11) is 0. The van der Waals surface area contributed by atoms with Crippen LogP contribution in [0.1, 0.15) is 29.1 Å². The third-order valence-electron chi connectivity index (χ3n) is 12.4. The number of hydrogen-bond donors (Lipinski definition) is 0. The van der Waals surface area contributed by atoms with Gasteiger partial charge in [-0.05, 0) is 124 Å². The van der Waals surface area contributed by atoms with Crippen LogP contribution in [-0.2, 0) is 5.41 Å². The van der Waals surface area contributed by atoms with Gasteiger partial charge in [-0.1, -0.05) is 158 Å². The molecule has 0 fully saturated rings. The van der Waals surface area contributed by atoms with Crippen LogP contribution in [0, 0.1) is 0 Å². The molecule has 1 heterocycles. The van der Waals surface area contributed by atoms with Gasteiger partial charge in [-0.25, -0.2) is 0 Å². The van der Waals surface area contributed by atoms with Crippen LogP contribution >= 0.6 is 0 Å². The summed E-state index contributed by atoms with van der Waals surface area (Å²) in [5.41, 5.74) is 10.0. The minimum atomic E-state index is -1.39. The first-order chi connectivity index (χ1) is 32.8. The molecule has 3 heteroatoms. The lowest BCUT2D eigenvalue weighted by Gasteiger charge is -2.34. The van der Waals surface area contributed by atoms with Crippen LogP contribution in [0.5, 0.6) is 0 Å². The Labute approximate surface area is 368 Å². The summed E-state index contributed by atoms with van der Waals surface area (Å²) in [6, 6.07) is 70.6. The first-order valence-electron chi connectivity index (χ1n) is 23.3. The van der Waals surface area contributed by atoms with Crippen molar-refractivity contribution in [1.82, 2.24) is 0 Å². The summed E-state index contributed by atoms with van der Waals surface area (Å²) in [5.74, 6) is 0. The van der Waals surface area contributed by atoms with E-state index in [9.17, 15) is 2.74 Å². The Bertz CT molecular complexity index is 3650. The van der Waals surface area contributed by atoms with Crippen LogP contribution < -0.4 is 9.80 Å². The minimum absolute atomic E-state index is 0.183. The van der Waals surface area contributed by atoms with Crippen molar-refractivity contribution in [2.24, 2.45) is 0 Å². The average Bonchev–Trinajstić information content (AvgIpc) is 3.89. The van der Waals surface area contributed by atoms with E-state index in [0.29, 0.717) is 5.58 Å². The third kappa shape index (κ3) is 5.59. The highest BCUT2D eigenvalue weighted by Gasteiger charge is 2.47. The molecule has 0 aliphatic heterocycles. The fourth-order valence-corrected chi connectivity index (χ4v) is 9.72. The number of benzene rings is 10. The molecule has 0 N–H and O–H groups in total. The average molecular weight is 798 g/mol. The summed E-state index contributed by atoms with van der Waals surface area (Å²) < 4.78 is 52.9. The quantitative estimate of drug-likeness (QED) is 0.153. The van der Waals surface area contributed by atoms with Gasteiger partial charge in [0.2, 0.25) is 0 Å². The number of para-hydroxylation sites is 4. The second kappa shape index (κ2) is 14.5. The molecule has 10 aromatic carbocycles. The maximum absolute atomic E-state index is 9.76. The van der Waals surface area contributed by atoms with Crippen molar-refractivity contribution in [2.45, 2.75) is 5.41 Å². The van der Waals surface area contributed by atoms with Crippen molar-refractivity contribution in [3.8, 4) is 11.1 Å². The molecule has 3 nitrogen and oxygen atoms in total. The molecular formula is C59H40N2O. The summed E-state index contributed by atoms with van der Waals surface area (Å²) >= 11 is 0. The zero-order chi connectivity index (χ0) is 45.4. The molecule has 11 aromatic rings. The van der Waals surface area contributed by atoms with Crippen LogP contribution in [0.25, 0.3) is 43.8 Å². The van der Waals surface area contributed by atoms with Crippen LogP contribution in [0.2, 0.25) is 0 Å². The lowest BCUT2D eigenvalue weighted by atomic mass is 9.67. The van der Waals surface area contributed by atoms with Gasteiger partial charge in [-0.15, -0.1) is 0 Å². The van der Waals surface area contributed by atoms with Crippen LogP contribution in [0.15, 0.2) is 247 Å². The molecule has 0 saturated carbocycles. The van der Waals surface area contributed by atoms with Gasteiger partial charge in [0.25, 0.3) is 0 Å². The minimum Gasteiger partial charge on any atom is -0.456 e. The Hall–Kier alpha value is -8.14. The summed E-state index contributed by atoms with van der Waals surface area (Å²) in [6.45, 7) is 0. The molecule has 0 amide bonds. The predicted octanol–water partition coefficient (Wildman–Crippen LogP) is 16.0. The third-order valence-corrected chi connectivity index (χ3v) is 12.4. The zero-order valence-electron chi connectivity index (χ0n) is 38.5. The number of anilines is 6. The summed E-state index contributed by atoms with van der Waals surface area (Å²) in [6.07, 6.45) is 0. The van der Waals surface area contributed by atoms with Crippen molar-refractivity contribution in [1.29, 1.82) is 0 Å². The molecule has 0 spiro atoms. The highest BCUT2D eigenvalue weighted by atomic mass is 16.3. The second-order valence-corrected chi connectivity index (χ2v) is 15.7. The first-order valence-corrected chi connectivity index (χ1v) is 20.8. The number of nitrogens with zero attached hydrogens (tertiary/aromatic N) is 2. The monoisotopic (exact) mass is 797 g/mol. The number of fused-ring (bicyclic) bond motifs is 7. The molecule has 1 aliphatic carbocycles. The molecule has 1 atom stereocenters. The smallest absolute Gasteiger partial charge is 0.135 e. The van der Waals surface area contributed by atoms with Gasteiger partial charge in [0.15, 0.2) is 0 Å². The van der Waals surface area contributed by atoms with Crippen LogP contribution in [-0.4, -0.2) is 0 Å². The zero-order valence-corrected chi connectivity index (χ0v) is 33.5. The standard InChI is InChI=1S/C59H40N2O/c1-5-20-42(21-6-1)59(43-32-37-58-53(38-43)50-29-15-16-31-57(50)62-58)54-35-33-47(60(44-22-7-2-8-23-44)45-24-9-3-10-25-45)39-51(54)52-40-48(34-36-55(52)59)61(46-26-11-4-12-27-46)56-30-17-19-41-18-13-14-28-49(41)56/h1-40H/i1D,5D,6D,20D,21D. The molecule has 0 saturated heterocycles. The normalized spacial score (nSPS) is 15.3. The molecular weight excluding hydrogens is 753 g/mol. The van der Waals surface area contributed by atoms with Gasteiger partial charge in [0, 0.05) is 44.6 Å². The van der Waals surface area contributed by atoms with Gasteiger partial charge in [-0.2, -0.15) is 0 Å². The van der Waals surface area contributed by atoms with E-state index in [4.69, 9.17) is 8.53 Å². The Morgan fingerprint density at radius 2 is 0.903 bits per heavy atom. The summed E-state index contributed by atoms with van der Waals surface area (Å²) in [4.78, 5) is 4.50. The maximum Gasteiger partial charge on any atom is 0.135 e. The fourth-order valence-electron chi connectivity index (χ4n) is 9.72. The van der Waals surface area contributed by atoms with Gasteiger partial charge in [0.05, 0.1) is 18.0 Å². The van der Waals surface area contributed by atoms with E-state index in [1.807, 2.05) is 91.0 Å². The van der Waals surface area contributed by atoms with E-state index in [0.717, 1.165) is 89.1 Å². The van der Waals surface area contributed by atoms with Crippen LogP contribution in [0.4, 0.5) is 34.1 Å². The Balaban J connectivity index is 1.21. The Kier molecular flexibility index (Phi) is 7.23. The first kappa shape index (κ1) is 30.8.